The Morgan fingerprint density at radius 3 is 2.50 bits per heavy atom. The Bertz CT molecular complexity index is 726. The van der Waals surface area contributed by atoms with Crippen LogP contribution in [0, 0.1) is 0 Å². The third-order valence-electron chi connectivity index (χ3n) is 4.44. The van der Waals surface area contributed by atoms with Crippen LogP contribution in [0.2, 0.25) is 0 Å². The van der Waals surface area contributed by atoms with E-state index in [9.17, 15) is 0 Å². The van der Waals surface area contributed by atoms with Crippen molar-refractivity contribution in [3.63, 3.8) is 0 Å². The molecule has 0 amide bonds. The molecule has 22 heavy (non-hydrogen) atoms. The fraction of sp³-hybridized carbons (Fsp3) is 0.250. The summed E-state index contributed by atoms with van der Waals surface area (Å²) in [4.78, 5) is 4.89. The number of rotatable bonds is 6. The van der Waals surface area contributed by atoms with Crippen molar-refractivity contribution >= 4 is 21.6 Å². The molecule has 0 N–H and O–H groups in total. The van der Waals surface area contributed by atoms with Crippen molar-refractivity contribution in [2.45, 2.75) is 31.6 Å². The predicted molar refractivity (Wildman–Crippen MR) is 96.5 cm³/mol. The Balaban J connectivity index is 1.91. The maximum absolute atomic E-state index is 4.89. The van der Waals surface area contributed by atoms with E-state index in [0.717, 1.165) is 24.8 Å². The normalized spacial score (nSPS) is 13.9. The number of hydrogen-bond donors (Lipinski definition) is 0. The second kappa shape index (κ2) is 6.45. The topological polar surface area (TPSA) is 12.9 Å². The van der Waals surface area contributed by atoms with E-state index in [2.05, 4.69) is 74.2 Å². The molecular formula is C20H21NS. The van der Waals surface area contributed by atoms with Crippen molar-refractivity contribution in [1.82, 2.24) is 4.98 Å². The summed E-state index contributed by atoms with van der Waals surface area (Å²) in [7, 11) is 0. The Morgan fingerprint density at radius 1 is 1.09 bits per heavy atom. The molecule has 0 bridgehead atoms. The lowest BCUT2D eigenvalue weighted by Crippen LogP contribution is -2.23. The molecule has 0 aliphatic carbocycles. The van der Waals surface area contributed by atoms with Gasteiger partial charge >= 0.3 is 0 Å². The third-order valence-corrected chi connectivity index (χ3v) is 5.70. The van der Waals surface area contributed by atoms with Gasteiger partial charge in [0.05, 0.1) is 10.2 Å². The molecule has 0 aliphatic rings. The predicted octanol–water partition coefficient (Wildman–Crippen LogP) is 5.76. The van der Waals surface area contributed by atoms with Gasteiger partial charge in [-0.2, -0.15) is 0 Å². The van der Waals surface area contributed by atoms with Gasteiger partial charge in [-0.25, -0.2) is 4.98 Å². The molecule has 1 aromatic heterocycles. The van der Waals surface area contributed by atoms with E-state index < -0.39 is 0 Å². The fourth-order valence-corrected chi connectivity index (χ4v) is 4.12. The number of hydrogen-bond acceptors (Lipinski definition) is 2. The van der Waals surface area contributed by atoms with Gasteiger partial charge in [-0.1, -0.05) is 55.5 Å². The van der Waals surface area contributed by atoms with Crippen molar-refractivity contribution in [2.24, 2.45) is 0 Å². The maximum atomic E-state index is 4.89. The summed E-state index contributed by atoms with van der Waals surface area (Å²) in [6.07, 6.45) is 5.24. The van der Waals surface area contributed by atoms with Gasteiger partial charge in [-0.3, -0.25) is 0 Å². The van der Waals surface area contributed by atoms with Gasteiger partial charge in [0.15, 0.2) is 0 Å². The zero-order chi connectivity index (χ0) is 15.4. The summed E-state index contributed by atoms with van der Waals surface area (Å²) in [5.41, 5.74) is 2.45. The summed E-state index contributed by atoms with van der Waals surface area (Å²) in [6.45, 7) is 6.36. The molecule has 1 heterocycles. The van der Waals surface area contributed by atoms with Crippen LogP contribution in [0.5, 0.6) is 0 Å². The fourth-order valence-electron chi connectivity index (χ4n) is 2.87. The van der Waals surface area contributed by atoms with Crippen LogP contribution < -0.4 is 0 Å². The van der Waals surface area contributed by atoms with Crippen LogP contribution in [0.15, 0.2) is 67.3 Å². The second-order valence-corrected chi connectivity index (χ2v) is 6.72. The first-order valence-electron chi connectivity index (χ1n) is 7.81. The van der Waals surface area contributed by atoms with Crippen LogP contribution in [0.4, 0.5) is 0 Å². The first-order chi connectivity index (χ1) is 10.8. The van der Waals surface area contributed by atoms with Crippen molar-refractivity contribution < 1.29 is 0 Å². The quantitative estimate of drug-likeness (QED) is 0.527. The van der Waals surface area contributed by atoms with E-state index in [1.807, 2.05) is 0 Å². The summed E-state index contributed by atoms with van der Waals surface area (Å²) in [6, 6.07) is 19.0. The molecular weight excluding hydrogens is 286 g/mol. The number of fused-ring (bicyclic) bond motifs is 1. The lowest BCUT2D eigenvalue weighted by atomic mass is 9.80. The van der Waals surface area contributed by atoms with Crippen molar-refractivity contribution in [3.05, 3.63) is 77.8 Å². The van der Waals surface area contributed by atoms with E-state index in [4.69, 9.17) is 4.98 Å². The van der Waals surface area contributed by atoms with E-state index in [0.29, 0.717) is 0 Å². The maximum Gasteiger partial charge on any atom is 0.104 e. The number of benzene rings is 2. The average molecular weight is 307 g/mol. The highest BCUT2D eigenvalue weighted by Crippen LogP contribution is 2.38. The monoisotopic (exact) mass is 307 g/mol. The number of aryl methyl sites for hydroxylation is 1. The summed E-state index contributed by atoms with van der Waals surface area (Å²) >= 11 is 1.81. The molecule has 2 heteroatoms. The number of thiazole rings is 1. The molecule has 1 atom stereocenters. The molecule has 1 nitrogen and oxygen atoms in total. The zero-order valence-corrected chi connectivity index (χ0v) is 13.8. The Labute approximate surface area is 136 Å². The van der Waals surface area contributed by atoms with Crippen molar-refractivity contribution in [2.75, 3.05) is 0 Å². The number of aromatic nitrogens is 1. The van der Waals surface area contributed by atoms with Crippen molar-refractivity contribution in [3.8, 4) is 0 Å². The molecule has 0 unspecified atom stereocenters. The molecule has 0 spiro atoms. The number of allylic oxidation sites excluding steroid dienone is 1. The highest BCUT2D eigenvalue weighted by Gasteiger charge is 2.30. The molecule has 3 aromatic rings. The number of nitrogens with zero attached hydrogens (tertiary/aromatic N) is 1. The smallest absolute Gasteiger partial charge is 0.104 e. The van der Waals surface area contributed by atoms with Crippen LogP contribution in [0.25, 0.3) is 10.2 Å². The lowest BCUT2D eigenvalue weighted by molar-refractivity contribution is 0.473. The van der Waals surface area contributed by atoms with Crippen LogP contribution in [0.1, 0.15) is 30.3 Å². The molecule has 0 saturated carbocycles. The summed E-state index contributed by atoms with van der Waals surface area (Å²) in [5.74, 6) is 0. The van der Waals surface area contributed by atoms with E-state index in [1.165, 1.54) is 15.3 Å². The zero-order valence-electron chi connectivity index (χ0n) is 13.0. The molecule has 0 aliphatic heterocycles. The minimum absolute atomic E-state index is 0.0282. The average Bonchev–Trinajstić information content (AvgIpc) is 3.02. The van der Waals surface area contributed by atoms with Gasteiger partial charge in [0.25, 0.3) is 0 Å². The van der Waals surface area contributed by atoms with Crippen LogP contribution in [-0.2, 0) is 11.8 Å². The SMILES string of the molecule is C=C[C@](CC)(CCc1ccccc1)c1nc2ccccc2s1. The summed E-state index contributed by atoms with van der Waals surface area (Å²) < 4.78 is 1.26. The Morgan fingerprint density at radius 2 is 1.82 bits per heavy atom. The molecule has 0 radical (unpaired) electrons. The minimum Gasteiger partial charge on any atom is -0.240 e. The molecule has 112 valence electrons. The minimum atomic E-state index is -0.0282. The first kappa shape index (κ1) is 15.0. The van der Waals surface area contributed by atoms with E-state index in [1.54, 1.807) is 11.3 Å². The van der Waals surface area contributed by atoms with E-state index in [-0.39, 0.29) is 5.41 Å². The van der Waals surface area contributed by atoms with Gasteiger partial charge in [0.2, 0.25) is 0 Å². The van der Waals surface area contributed by atoms with Crippen LogP contribution in [-0.4, -0.2) is 4.98 Å². The lowest BCUT2D eigenvalue weighted by Gasteiger charge is -2.27. The van der Waals surface area contributed by atoms with Gasteiger partial charge in [-0.15, -0.1) is 17.9 Å². The van der Waals surface area contributed by atoms with Gasteiger partial charge in [-0.05, 0) is 37.0 Å². The standard InChI is InChI=1S/C20H21NS/c1-3-20(4-2,15-14-16-10-6-5-7-11-16)19-21-17-12-8-9-13-18(17)22-19/h3,5-13H,1,4,14-15H2,2H3/t20-/m0/s1. The van der Waals surface area contributed by atoms with Crippen molar-refractivity contribution in [1.29, 1.82) is 0 Å². The molecule has 2 aromatic carbocycles. The van der Waals surface area contributed by atoms with Crippen LogP contribution in [0.3, 0.4) is 0 Å². The molecule has 3 rings (SSSR count). The summed E-state index contributed by atoms with van der Waals surface area (Å²) in [5, 5.41) is 1.20. The Hall–Kier alpha value is -1.93. The Kier molecular flexibility index (Phi) is 4.39. The number of para-hydroxylation sites is 1. The highest BCUT2D eigenvalue weighted by atomic mass is 32.1. The highest BCUT2D eigenvalue weighted by molar-refractivity contribution is 7.18. The van der Waals surface area contributed by atoms with Crippen LogP contribution >= 0.6 is 11.3 Å². The largest absolute Gasteiger partial charge is 0.240 e. The third kappa shape index (κ3) is 2.84. The second-order valence-electron chi connectivity index (χ2n) is 5.69. The van der Waals surface area contributed by atoms with Gasteiger partial charge in [0, 0.05) is 5.41 Å². The molecule has 0 fully saturated rings. The van der Waals surface area contributed by atoms with E-state index >= 15 is 0 Å². The first-order valence-corrected chi connectivity index (χ1v) is 8.62. The van der Waals surface area contributed by atoms with Gasteiger partial charge in [0.1, 0.15) is 5.01 Å². The molecule has 0 saturated heterocycles. The van der Waals surface area contributed by atoms with Gasteiger partial charge < -0.3 is 0 Å².